The van der Waals surface area contributed by atoms with Gasteiger partial charge in [-0.3, -0.25) is 9.36 Å². The van der Waals surface area contributed by atoms with E-state index in [1.54, 1.807) is 6.92 Å². The molecule has 0 spiro atoms. The zero-order chi connectivity index (χ0) is 15.1. The summed E-state index contributed by atoms with van der Waals surface area (Å²) in [5.74, 6) is -0.587. The zero-order valence-corrected chi connectivity index (χ0v) is 12.8. The maximum atomic E-state index is 12.0. The molecule has 0 saturated carbocycles. The Kier molecular flexibility index (Phi) is 7.66. The fourth-order valence-corrected chi connectivity index (χ4v) is 2.24. The molecule has 9 heteroatoms. The molecule has 112 valence electrons. The number of amides is 2. The van der Waals surface area contributed by atoms with Gasteiger partial charge in [0.05, 0.1) is 6.61 Å². The molecule has 0 rings (SSSR count). The van der Waals surface area contributed by atoms with Gasteiger partial charge in [0.2, 0.25) is 0 Å². The highest BCUT2D eigenvalue weighted by Gasteiger charge is 2.30. The molecule has 0 fully saturated rings. The highest BCUT2D eigenvalue weighted by Crippen LogP contribution is 2.46. The van der Waals surface area contributed by atoms with E-state index in [9.17, 15) is 14.2 Å². The van der Waals surface area contributed by atoms with E-state index in [-0.39, 0.29) is 19.4 Å². The summed E-state index contributed by atoms with van der Waals surface area (Å²) in [6, 6.07) is -0.484. The van der Waals surface area contributed by atoms with Gasteiger partial charge in [-0.2, -0.15) is 0 Å². The molecule has 0 heterocycles. The maximum absolute atomic E-state index is 12.0. The minimum Gasteiger partial charge on any atom is -0.465 e. The molecule has 0 aromatic heterocycles. The van der Waals surface area contributed by atoms with Gasteiger partial charge in [-0.25, -0.2) is 4.79 Å². The van der Waals surface area contributed by atoms with Crippen LogP contribution in [0.4, 0.5) is 4.79 Å². The second-order valence-electron chi connectivity index (χ2n) is 3.80. The van der Waals surface area contributed by atoms with Gasteiger partial charge in [0.15, 0.2) is 0 Å². The second kappa shape index (κ2) is 8.14. The summed E-state index contributed by atoms with van der Waals surface area (Å²) in [4.78, 5) is 25.7. The molecular formula is C10H21N2O6P. The van der Waals surface area contributed by atoms with Crippen molar-refractivity contribution in [2.45, 2.75) is 6.92 Å². The second-order valence-corrected chi connectivity index (χ2v) is 6.03. The first-order valence-electron chi connectivity index (χ1n) is 5.62. The van der Waals surface area contributed by atoms with Gasteiger partial charge in [0, 0.05) is 28.3 Å². The predicted molar refractivity (Wildman–Crippen MR) is 68.9 cm³/mol. The minimum absolute atomic E-state index is 0.203. The molecule has 0 unspecified atom stereocenters. The lowest BCUT2D eigenvalue weighted by atomic mass is 10.5. The van der Waals surface area contributed by atoms with Gasteiger partial charge in [-0.1, -0.05) is 0 Å². The van der Waals surface area contributed by atoms with Gasteiger partial charge >= 0.3 is 19.6 Å². The van der Waals surface area contributed by atoms with Crippen molar-refractivity contribution in [2.75, 3.05) is 47.8 Å². The summed E-state index contributed by atoms with van der Waals surface area (Å²) in [6.45, 7) is 1.54. The van der Waals surface area contributed by atoms with Crippen LogP contribution >= 0.6 is 7.60 Å². The number of nitrogens with zero attached hydrogens (tertiary/aromatic N) is 2. The van der Waals surface area contributed by atoms with Gasteiger partial charge in [-0.15, -0.1) is 0 Å². The average molecular weight is 296 g/mol. The molecule has 8 nitrogen and oxygen atoms in total. The Bertz CT molecular complexity index is 352. The van der Waals surface area contributed by atoms with Crippen LogP contribution in [0.15, 0.2) is 0 Å². The number of rotatable bonds is 7. The van der Waals surface area contributed by atoms with E-state index in [2.05, 4.69) is 0 Å². The van der Waals surface area contributed by atoms with Crippen molar-refractivity contribution in [1.29, 1.82) is 0 Å². The van der Waals surface area contributed by atoms with Gasteiger partial charge < -0.3 is 23.6 Å². The molecule has 19 heavy (non-hydrogen) atoms. The first-order valence-corrected chi connectivity index (χ1v) is 7.34. The third-order valence-corrected chi connectivity index (χ3v) is 3.98. The van der Waals surface area contributed by atoms with Crippen molar-refractivity contribution in [2.24, 2.45) is 0 Å². The lowest BCUT2D eigenvalue weighted by Crippen LogP contribution is -2.43. The van der Waals surface area contributed by atoms with Gasteiger partial charge in [0.1, 0.15) is 12.8 Å². The van der Waals surface area contributed by atoms with Crippen LogP contribution < -0.4 is 0 Å². The smallest absolute Gasteiger partial charge is 0.349 e. The van der Waals surface area contributed by atoms with E-state index in [1.807, 2.05) is 0 Å². The Labute approximate surface area is 113 Å². The number of hydrogen-bond acceptors (Lipinski definition) is 6. The summed E-state index contributed by atoms with van der Waals surface area (Å²) in [6.07, 6.45) is -0.324. The van der Waals surface area contributed by atoms with E-state index >= 15 is 0 Å². The van der Waals surface area contributed by atoms with E-state index in [4.69, 9.17) is 13.8 Å². The van der Waals surface area contributed by atoms with Crippen LogP contribution in [-0.4, -0.2) is 69.6 Å². The fraction of sp³-hybridized carbons (Fsp3) is 0.800. The Morgan fingerprint density at radius 1 is 1.16 bits per heavy atom. The fourth-order valence-electron chi connectivity index (χ4n) is 1.22. The minimum atomic E-state index is -3.44. The Morgan fingerprint density at radius 2 is 1.68 bits per heavy atom. The third kappa shape index (κ3) is 6.04. The topological polar surface area (TPSA) is 85.4 Å². The molecular weight excluding hydrogens is 275 g/mol. The SMILES string of the molecule is CCOC(=O)CN(CP(=O)(OC)OC)C(=O)N(C)C. The normalized spacial score (nSPS) is 11.0. The van der Waals surface area contributed by atoms with Crippen molar-refractivity contribution >= 4 is 19.6 Å². The highest BCUT2D eigenvalue weighted by atomic mass is 31.2. The predicted octanol–water partition coefficient (Wildman–Crippen LogP) is 0.976. The molecule has 0 radical (unpaired) electrons. The average Bonchev–Trinajstić information content (AvgIpc) is 2.37. The third-order valence-electron chi connectivity index (χ3n) is 2.18. The van der Waals surface area contributed by atoms with Crippen LogP contribution in [0.5, 0.6) is 0 Å². The number of esters is 1. The summed E-state index contributed by atoms with van der Waals surface area (Å²) in [5, 5.41) is 0. The lowest BCUT2D eigenvalue weighted by Gasteiger charge is -2.27. The largest absolute Gasteiger partial charge is 0.465 e. The van der Waals surface area contributed by atoms with Gasteiger partial charge in [0.25, 0.3) is 0 Å². The standard InChI is InChI=1S/C10H21N2O6P/c1-6-18-9(13)7-12(10(14)11(2)3)8-19(15,16-4)17-5/h6-8H2,1-5H3. The number of ether oxygens (including phenoxy) is 1. The summed E-state index contributed by atoms with van der Waals surface area (Å²) in [7, 11) is 2.03. The summed E-state index contributed by atoms with van der Waals surface area (Å²) in [5.41, 5.74) is 0. The number of urea groups is 1. The van der Waals surface area contributed by atoms with Crippen LogP contribution in [0.2, 0.25) is 0 Å². The van der Waals surface area contributed by atoms with Crippen molar-refractivity contribution in [1.82, 2.24) is 9.80 Å². The highest BCUT2D eigenvalue weighted by molar-refractivity contribution is 7.53. The van der Waals surface area contributed by atoms with Crippen LogP contribution in [-0.2, 0) is 23.1 Å². The first kappa shape index (κ1) is 17.9. The number of hydrogen-bond donors (Lipinski definition) is 0. The lowest BCUT2D eigenvalue weighted by molar-refractivity contribution is -0.143. The Morgan fingerprint density at radius 3 is 2.05 bits per heavy atom. The van der Waals surface area contributed by atoms with Crippen molar-refractivity contribution in [3.8, 4) is 0 Å². The molecule has 0 bridgehead atoms. The molecule has 0 aliphatic carbocycles. The molecule has 0 aliphatic heterocycles. The van der Waals surface area contributed by atoms with E-state index < -0.39 is 19.6 Å². The first-order chi connectivity index (χ1) is 8.79. The van der Waals surface area contributed by atoms with Gasteiger partial charge in [-0.05, 0) is 6.92 Å². The Hall–Kier alpha value is -1.11. The summed E-state index contributed by atoms with van der Waals surface area (Å²) < 4.78 is 26.3. The number of carbonyl (C=O) groups excluding carboxylic acids is 2. The molecule has 0 saturated heterocycles. The van der Waals surface area contributed by atoms with E-state index in [0.29, 0.717) is 0 Å². The van der Waals surface area contributed by atoms with E-state index in [1.165, 1.54) is 33.2 Å². The van der Waals surface area contributed by atoms with Crippen molar-refractivity contribution in [3.63, 3.8) is 0 Å². The molecule has 0 aromatic carbocycles. The maximum Gasteiger partial charge on any atom is 0.349 e. The Balaban J connectivity index is 4.92. The van der Waals surface area contributed by atoms with Crippen molar-refractivity contribution in [3.05, 3.63) is 0 Å². The number of carbonyl (C=O) groups is 2. The molecule has 0 atom stereocenters. The monoisotopic (exact) mass is 296 g/mol. The molecule has 0 aliphatic rings. The molecule has 2 amide bonds. The summed E-state index contributed by atoms with van der Waals surface area (Å²) >= 11 is 0. The quantitative estimate of drug-likeness (QED) is 0.514. The van der Waals surface area contributed by atoms with Crippen LogP contribution in [0, 0.1) is 0 Å². The van der Waals surface area contributed by atoms with Crippen LogP contribution in [0.1, 0.15) is 6.92 Å². The van der Waals surface area contributed by atoms with Crippen LogP contribution in [0.25, 0.3) is 0 Å². The van der Waals surface area contributed by atoms with Crippen LogP contribution in [0.3, 0.4) is 0 Å². The molecule has 0 N–H and O–H groups in total. The molecule has 0 aromatic rings. The van der Waals surface area contributed by atoms with E-state index in [0.717, 1.165) is 4.90 Å². The zero-order valence-electron chi connectivity index (χ0n) is 11.9. The van der Waals surface area contributed by atoms with Crippen molar-refractivity contribution < 1.29 is 27.9 Å².